The molecule has 1 heterocycles. The summed E-state index contributed by atoms with van der Waals surface area (Å²) >= 11 is 0. The van der Waals surface area contributed by atoms with Crippen molar-refractivity contribution in [1.82, 2.24) is 9.78 Å². The van der Waals surface area contributed by atoms with Crippen molar-refractivity contribution < 1.29 is 13.2 Å². The number of alkyl halides is 3. The van der Waals surface area contributed by atoms with Gasteiger partial charge in [0.25, 0.3) is 0 Å². The number of allylic oxidation sites excluding steroid dienone is 1. The maximum atomic E-state index is 12.7. The molecule has 1 aromatic heterocycles. The van der Waals surface area contributed by atoms with Crippen molar-refractivity contribution in [2.75, 3.05) is 0 Å². The average Bonchev–Trinajstić information content (AvgIpc) is 2.97. The van der Waals surface area contributed by atoms with Gasteiger partial charge in [-0.2, -0.15) is 18.3 Å². The molecule has 0 saturated carbocycles. The van der Waals surface area contributed by atoms with Gasteiger partial charge in [-0.15, -0.1) is 0 Å². The molecule has 0 aromatic carbocycles. The van der Waals surface area contributed by atoms with Gasteiger partial charge < -0.3 is 5.73 Å². The van der Waals surface area contributed by atoms with Gasteiger partial charge in [0, 0.05) is 11.8 Å². The molecule has 1 rings (SSSR count). The third-order valence-corrected chi connectivity index (χ3v) is 3.85. The molecule has 4 nitrogen and oxygen atoms in total. The van der Waals surface area contributed by atoms with E-state index < -0.39 is 12.1 Å². The lowest BCUT2D eigenvalue weighted by atomic mass is 9.98. The van der Waals surface area contributed by atoms with Gasteiger partial charge in [0.1, 0.15) is 12.5 Å². The van der Waals surface area contributed by atoms with E-state index in [1.54, 1.807) is 29.9 Å². The minimum Gasteiger partial charge on any atom is -0.383 e. The first kappa shape index (κ1) is 20.0. The molecule has 24 heavy (non-hydrogen) atoms. The second kappa shape index (κ2) is 9.30. The molecule has 0 aliphatic carbocycles. The third kappa shape index (κ3) is 6.22. The van der Waals surface area contributed by atoms with Crippen molar-refractivity contribution in [2.45, 2.75) is 52.4 Å². The van der Waals surface area contributed by atoms with E-state index in [9.17, 15) is 13.2 Å². The molecule has 7 heteroatoms. The summed E-state index contributed by atoms with van der Waals surface area (Å²) in [5.74, 6) is -0.859. The van der Waals surface area contributed by atoms with Crippen LogP contribution < -0.4 is 5.73 Å². The minimum absolute atomic E-state index is 0.114. The van der Waals surface area contributed by atoms with Gasteiger partial charge in [-0.1, -0.05) is 25.7 Å². The summed E-state index contributed by atoms with van der Waals surface area (Å²) in [6, 6.07) is 1.80. The molecule has 0 radical (unpaired) electrons. The van der Waals surface area contributed by atoms with E-state index in [-0.39, 0.29) is 19.5 Å². The van der Waals surface area contributed by atoms with Gasteiger partial charge in [-0.05, 0) is 38.7 Å². The Labute approximate surface area is 141 Å². The van der Waals surface area contributed by atoms with Crippen molar-refractivity contribution in [3.63, 3.8) is 0 Å². The number of hydrogen-bond acceptors (Lipinski definition) is 2. The molecule has 1 atom stereocenters. The monoisotopic (exact) mass is 342 g/mol. The highest BCUT2D eigenvalue weighted by Gasteiger charge is 2.37. The molecule has 0 aliphatic heterocycles. The van der Waals surface area contributed by atoms with Crippen molar-refractivity contribution in [3.8, 4) is 0 Å². The van der Waals surface area contributed by atoms with Gasteiger partial charge >= 0.3 is 6.18 Å². The molecule has 0 spiro atoms. The van der Waals surface area contributed by atoms with Crippen LogP contribution in [0.2, 0.25) is 0 Å². The number of aromatic nitrogens is 2. The predicted octanol–water partition coefficient (Wildman–Crippen LogP) is 4.24. The standard InChI is InChI=1S/C17H25F3N4/c1-4-13(5-2)16(21)22-12-24-11-10-15(23-24)9-7-8-14(6-3)17(18,19)20/h4-5,10-11,14H,1,6-9,12H2,2-3H3,(H2,21,22)/b13-5-. The Bertz CT molecular complexity index is 585. The number of hydrogen-bond donors (Lipinski definition) is 1. The van der Waals surface area contributed by atoms with E-state index in [0.29, 0.717) is 18.7 Å². The fourth-order valence-corrected chi connectivity index (χ4v) is 2.35. The molecule has 0 bridgehead atoms. The summed E-state index contributed by atoms with van der Waals surface area (Å²) in [7, 11) is 0. The fourth-order valence-electron chi connectivity index (χ4n) is 2.35. The molecule has 1 aromatic rings. The summed E-state index contributed by atoms with van der Waals surface area (Å²) in [6.07, 6.45) is 2.28. The maximum absolute atomic E-state index is 12.7. The summed E-state index contributed by atoms with van der Waals surface area (Å²) in [5.41, 5.74) is 7.34. The van der Waals surface area contributed by atoms with Crippen molar-refractivity contribution >= 4 is 5.84 Å². The minimum atomic E-state index is -4.12. The molecule has 0 fully saturated rings. The second-order valence-corrected chi connectivity index (χ2v) is 5.52. The average molecular weight is 342 g/mol. The predicted molar refractivity (Wildman–Crippen MR) is 90.6 cm³/mol. The van der Waals surface area contributed by atoms with Crippen LogP contribution in [0, 0.1) is 5.92 Å². The number of halogens is 3. The highest BCUT2D eigenvalue weighted by Crippen LogP contribution is 2.32. The Morgan fingerprint density at radius 3 is 2.75 bits per heavy atom. The first-order valence-corrected chi connectivity index (χ1v) is 7.99. The van der Waals surface area contributed by atoms with E-state index in [1.807, 2.05) is 13.0 Å². The number of aryl methyl sites for hydroxylation is 1. The molecule has 0 amide bonds. The number of nitrogens with zero attached hydrogens (tertiary/aromatic N) is 3. The van der Waals surface area contributed by atoms with E-state index >= 15 is 0 Å². The summed E-state index contributed by atoms with van der Waals surface area (Å²) in [6.45, 7) is 7.32. The summed E-state index contributed by atoms with van der Waals surface area (Å²) in [4.78, 5) is 4.21. The van der Waals surface area contributed by atoms with E-state index in [1.165, 1.54) is 0 Å². The molecule has 0 aliphatic rings. The van der Waals surface area contributed by atoms with Crippen molar-refractivity contribution in [3.05, 3.63) is 42.3 Å². The first-order valence-electron chi connectivity index (χ1n) is 7.99. The largest absolute Gasteiger partial charge is 0.391 e. The zero-order valence-corrected chi connectivity index (χ0v) is 14.2. The third-order valence-electron chi connectivity index (χ3n) is 3.85. The van der Waals surface area contributed by atoms with E-state index in [4.69, 9.17) is 5.73 Å². The lowest BCUT2D eigenvalue weighted by Crippen LogP contribution is -2.22. The Morgan fingerprint density at radius 2 is 2.21 bits per heavy atom. The van der Waals surface area contributed by atoms with Gasteiger partial charge in [0.15, 0.2) is 0 Å². The Morgan fingerprint density at radius 1 is 1.50 bits per heavy atom. The molecular weight excluding hydrogens is 317 g/mol. The van der Waals surface area contributed by atoms with E-state index in [0.717, 1.165) is 11.3 Å². The van der Waals surface area contributed by atoms with Crippen LogP contribution in [0.1, 0.15) is 38.8 Å². The quantitative estimate of drug-likeness (QED) is 0.414. The molecule has 0 saturated heterocycles. The first-order chi connectivity index (χ1) is 11.3. The molecule has 2 N–H and O–H groups in total. The normalized spacial score (nSPS) is 14.7. The lowest BCUT2D eigenvalue weighted by Gasteiger charge is -2.17. The number of nitrogens with two attached hydrogens (primary N) is 1. The summed E-state index contributed by atoms with van der Waals surface area (Å²) < 4.78 is 39.7. The Balaban J connectivity index is 2.52. The second-order valence-electron chi connectivity index (χ2n) is 5.52. The van der Waals surface area contributed by atoms with Crippen LogP contribution in [0.4, 0.5) is 13.2 Å². The zero-order valence-electron chi connectivity index (χ0n) is 14.2. The van der Waals surface area contributed by atoms with Crippen LogP contribution in [-0.4, -0.2) is 21.8 Å². The zero-order chi connectivity index (χ0) is 18.2. The van der Waals surface area contributed by atoms with Crippen LogP contribution in [-0.2, 0) is 13.1 Å². The van der Waals surface area contributed by atoms with Gasteiger partial charge in [0.05, 0.1) is 11.6 Å². The number of amidine groups is 1. The van der Waals surface area contributed by atoms with Gasteiger partial charge in [-0.25, -0.2) is 4.99 Å². The fraction of sp³-hybridized carbons (Fsp3) is 0.529. The smallest absolute Gasteiger partial charge is 0.383 e. The topological polar surface area (TPSA) is 56.2 Å². The number of rotatable bonds is 9. The number of aliphatic imine (C=N–C) groups is 1. The van der Waals surface area contributed by atoms with Crippen LogP contribution in [0.5, 0.6) is 0 Å². The molecule has 1 unspecified atom stereocenters. The highest BCUT2D eigenvalue weighted by atomic mass is 19.4. The van der Waals surface area contributed by atoms with Gasteiger partial charge in [0.2, 0.25) is 0 Å². The SMILES string of the molecule is C=C/C(=C/C)C(N)=NCn1ccc(CCCC(CC)C(F)(F)F)n1. The van der Waals surface area contributed by atoms with Crippen molar-refractivity contribution in [2.24, 2.45) is 16.6 Å². The van der Waals surface area contributed by atoms with Crippen LogP contribution >= 0.6 is 0 Å². The van der Waals surface area contributed by atoms with Crippen LogP contribution in [0.15, 0.2) is 41.6 Å². The Hall–Kier alpha value is -2.05. The van der Waals surface area contributed by atoms with Crippen molar-refractivity contribution in [1.29, 1.82) is 0 Å². The summed E-state index contributed by atoms with van der Waals surface area (Å²) in [5, 5.41) is 4.31. The van der Waals surface area contributed by atoms with Crippen LogP contribution in [0.25, 0.3) is 0 Å². The highest BCUT2D eigenvalue weighted by molar-refractivity contribution is 5.99. The maximum Gasteiger partial charge on any atom is 0.391 e. The van der Waals surface area contributed by atoms with Crippen LogP contribution in [0.3, 0.4) is 0 Å². The molecular formula is C17H25F3N4. The van der Waals surface area contributed by atoms with E-state index in [2.05, 4.69) is 16.7 Å². The lowest BCUT2D eigenvalue weighted by molar-refractivity contribution is -0.177. The Kier molecular flexibility index (Phi) is 7.74. The molecule has 134 valence electrons. The van der Waals surface area contributed by atoms with Gasteiger partial charge in [-0.3, -0.25) is 4.68 Å².